The molecule has 0 bridgehead atoms. The molecular formula is C11H10BrNO. The molecule has 0 aliphatic heterocycles. The van der Waals surface area contributed by atoms with E-state index in [2.05, 4.69) is 15.9 Å². The number of Topliss-reactive ketones (excluding diaryl/α,β-unsaturated/α-hetero) is 1. The summed E-state index contributed by atoms with van der Waals surface area (Å²) in [4.78, 5) is 11.2. The van der Waals surface area contributed by atoms with Crippen molar-refractivity contribution >= 4 is 32.6 Å². The maximum Gasteiger partial charge on any atom is 0.159 e. The molecule has 14 heavy (non-hydrogen) atoms. The Morgan fingerprint density at radius 3 is 2.71 bits per heavy atom. The van der Waals surface area contributed by atoms with Gasteiger partial charge in [-0.1, -0.05) is 12.1 Å². The molecule has 72 valence electrons. The molecular weight excluding hydrogens is 242 g/mol. The number of carbonyl (C=O) groups is 1. The highest BCUT2D eigenvalue weighted by atomic mass is 79.9. The quantitative estimate of drug-likeness (QED) is 0.714. The van der Waals surface area contributed by atoms with Gasteiger partial charge in [-0.2, -0.15) is 0 Å². The van der Waals surface area contributed by atoms with E-state index in [0.717, 1.165) is 21.1 Å². The van der Waals surface area contributed by atoms with Crippen LogP contribution in [0.1, 0.15) is 17.3 Å². The third-order valence-corrected chi connectivity index (χ3v) is 3.15. The molecule has 0 unspecified atom stereocenters. The number of halogens is 1. The standard InChI is InChI=1S/C11H10BrNO/c1-7(14)8-3-4-9-6-11(12)13(2)10(9)5-8/h3-6H,1-2H3. The summed E-state index contributed by atoms with van der Waals surface area (Å²) in [6.45, 7) is 1.58. The predicted octanol–water partition coefficient (Wildman–Crippen LogP) is 3.14. The van der Waals surface area contributed by atoms with Crippen LogP contribution in [0.2, 0.25) is 0 Å². The summed E-state index contributed by atoms with van der Waals surface area (Å²) >= 11 is 3.45. The zero-order valence-electron chi connectivity index (χ0n) is 8.04. The molecule has 2 nitrogen and oxygen atoms in total. The molecule has 0 saturated carbocycles. The van der Waals surface area contributed by atoms with Crippen LogP contribution in [0.5, 0.6) is 0 Å². The summed E-state index contributed by atoms with van der Waals surface area (Å²) in [6.07, 6.45) is 0. The highest BCUT2D eigenvalue weighted by Crippen LogP contribution is 2.23. The van der Waals surface area contributed by atoms with E-state index in [-0.39, 0.29) is 5.78 Å². The van der Waals surface area contributed by atoms with Gasteiger partial charge in [0.15, 0.2) is 5.78 Å². The zero-order valence-corrected chi connectivity index (χ0v) is 9.63. The number of benzene rings is 1. The number of aromatic nitrogens is 1. The number of aryl methyl sites for hydroxylation is 1. The van der Waals surface area contributed by atoms with Crippen LogP contribution in [0, 0.1) is 0 Å². The summed E-state index contributed by atoms with van der Waals surface area (Å²) < 4.78 is 3.04. The molecule has 2 aromatic rings. The molecule has 0 N–H and O–H groups in total. The Kier molecular flexibility index (Phi) is 2.19. The first-order chi connectivity index (χ1) is 6.59. The molecule has 0 saturated heterocycles. The average molecular weight is 252 g/mol. The van der Waals surface area contributed by atoms with Gasteiger partial charge in [-0.25, -0.2) is 0 Å². The molecule has 0 spiro atoms. The second kappa shape index (κ2) is 3.24. The molecule has 1 heterocycles. The van der Waals surface area contributed by atoms with E-state index in [1.54, 1.807) is 6.92 Å². The van der Waals surface area contributed by atoms with Gasteiger partial charge in [0, 0.05) is 23.5 Å². The fraction of sp³-hybridized carbons (Fsp3) is 0.182. The normalized spacial score (nSPS) is 10.8. The van der Waals surface area contributed by atoms with Crippen LogP contribution in [-0.2, 0) is 7.05 Å². The van der Waals surface area contributed by atoms with Crippen molar-refractivity contribution < 1.29 is 4.79 Å². The molecule has 1 aromatic carbocycles. The summed E-state index contributed by atoms with van der Waals surface area (Å²) in [5.74, 6) is 0.101. The minimum absolute atomic E-state index is 0.101. The van der Waals surface area contributed by atoms with Gasteiger partial charge in [0.05, 0.1) is 4.60 Å². The van der Waals surface area contributed by atoms with Gasteiger partial charge in [0.1, 0.15) is 0 Å². The van der Waals surface area contributed by atoms with E-state index in [4.69, 9.17) is 0 Å². The molecule has 0 aliphatic carbocycles. The van der Waals surface area contributed by atoms with Gasteiger partial charge in [0.25, 0.3) is 0 Å². The minimum atomic E-state index is 0.101. The Hall–Kier alpha value is -1.09. The Morgan fingerprint density at radius 1 is 1.36 bits per heavy atom. The summed E-state index contributed by atoms with van der Waals surface area (Å²) in [7, 11) is 1.97. The lowest BCUT2D eigenvalue weighted by Gasteiger charge is -1.99. The number of fused-ring (bicyclic) bond motifs is 1. The summed E-state index contributed by atoms with van der Waals surface area (Å²) in [5.41, 5.74) is 1.83. The highest BCUT2D eigenvalue weighted by molar-refractivity contribution is 9.10. The van der Waals surface area contributed by atoms with Gasteiger partial charge in [-0.15, -0.1) is 0 Å². The van der Waals surface area contributed by atoms with Crippen LogP contribution in [0.3, 0.4) is 0 Å². The smallest absolute Gasteiger partial charge is 0.159 e. The highest BCUT2D eigenvalue weighted by Gasteiger charge is 2.05. The van der Waals surface area contributed by atoms with Crippen molar-refractivity contribution in [1.29, 1.82) is 0 Å². The summed E-state index contributed by atoms with van der Waals surface area (Å²) in [5, 5.41) is 1.14. The maximum absolute atomic E-state index is 11.2. The Balaban J connectivity index is 2.76. The topological polar surface area (TPSA) is 22.0 Å². The fourth-order valence-electron chi connectivity index (χ4n) is 1.52. The first kappa shape index (κ1) is 9.46. The monoisotopic (exact) mass is 251 g/mol. The van der Waals surface area contributed by atoms with E-state index in [1.807, 2.05) is 35.9 Å². The van der Waals surface area contributed by atoms with Crippen LogP contribution in [-0.4, -0.2) is 10.4 Å². The Bertz CT molecular complexity index is 513. The van der Waals surface area contributed by atoms with E-state index in [9.17, 15) is 4.79 Å². The van der Waals surface area contributed by atoms with Crippen molar-refractivity contribution in [3.63, 3.8) is 0 Å². The van der Waals surface area contributed by atoms with Crippen LogP contribution in [0.4, 0.5) is 0 Å². The summed E-state index contributed by atoms with van der Waals surface area (Å²) in [6, 6.07) is 7.79. The lowest BCUT2D eigenvalue weighted by atomic mass is 10.1. The number of ketones is 1. The van der Waals surface area contributed by atoms with Crippen LogP contribution >= 0.6 is 15.9 Å². The molecule has 1 aromatic heterocycles. The van der Waals surface area contributed by atoms with Crippen molar-refractivity contribution in [3.8, 4) is 0 Å². The fourth-order valence-corrected chi connectivity index (χ4v) is 1.95. The number of carbonyl (C=O) groups excluding carboxylic acids is 1. The molecule has 0 aliphatic rings. The first-order valence-electron chi connectivity index (χ1n) is 4.35. The average Bonchev–Trinajstić information content (AvgIpc) is 2.43. The molecule has 0 fully saturated rings. The van der Waals surface area contributed by atoms with E-state index < -0.39 is 0 Å². The van der Waals surface area contributed by atoms with Gasteiger partial charge >= 0.3 is 0 Å². The minimum Gasteiger partial charge on any atom is -0.338 e. The second-order valence-electron chi connectivity index (χ2n) is 3.36. The van der Waals surface area contributed by atoms with E-state index in [1.165, 1.54) is 0 Å². The van der Waals surface area contributed by atoms with Crippen molar-refractivity contribution in [1.82, 2.24) is 4.57 Å². The van der Waals surface area contributed by atoms with Crippen LogP contribution in [0.15, 0.2) is 28.9 Å². The first-order valence-corrected chi connectivity index (χ1v) is 5.15. The SMILES string of the molecule is CC(=O)c1ccc2cc(Br)n(C)c2c1. The molecule has 0 radical (unpaired) electrons. The van der Waals surface area contributed by atoms with Crippen molar-refractivity contribution in [3.05, 3.63) is 34.4 Å². The third kappa shape index (κ3) is 1.38. The van der Waals surface area contributed by atoms with Crippen molar-refractivity contribution in [2.45, 2.75) is 6.92 Å². The van der Waals surface area contributed by atoms with Gasteiger partial charge in [-0.3, -0.25) is 4.79 Å². The van der Waals surface area contributed by atoms with Gasteiger partial charge in [0.2, 0.25) is 0 Å². The number of nitrogens with zero attached hydrogens (tertiary/aromatic N) is 1. The van der Waals surface area contributed by atoms with E-state index in [0.29, 0.717) is 0 Å². The van der Waals surface area contributed by atoms with Gasteiger partial charge in [-0.05, 0) is 35.0 Å². The molecule has 0 atom stereocenters. The second-order valence-corrected chi connectivity index (χ2v) is 4.17. The van der Waals surface area contributed by atoms with E-state index >= 15 is 0 Å². The van der Waals surface area contributed by atoms with Gasteiger partial charge < -0.3 is 4.57 Å². The van der Waals surface area contributed by atoms with Crippen molar-refractivity contribution in [2.24, 2.45) is 7.05 Å². The van der Waals surface area contributed by atoms with Crippen LogP contribution < -0.4 is 0 Å². The van der Waals surface area contributed by atoms with Crippen molar-refractivity contribution in [2.75, 3.05) is 0 Å². The number of hydrogen-bond acceptors (Lipinski definition) is 1. The molecule has 0 amide bonds. The molecule has 2 rings (SSSR count). The third-order valence-electron chi connectivity index (χ3n) is 2.39. The Labute approximate surface area is 90.7 Å². The zero-order chi connectivity index (χ0) is 10.3. The Morgan fingerprint density at radius 2 is 2.07 bits per heavy atom. The number of hydrogen-bond donors (Lipinski definition) is 0. The number of rotatable bonds is 1. The van der Waals surface area contributed by atoms with Crippen LogP contribution in [0.25, 0.3) is 10.9 Å². The molecule has 3 heteroatoms. The predicted molar refractivity (Wildman–Crippen MR) is 60.6 cm³/mol. The maximum atomic E-state index is 11.2. The largest absolute Gasteiger partial charge is 0.338 e. The lowest BCUT2D eigenvalue weighted by molar-refractivity contribution is 0.101. The lowest BCUT2D eigenvalue weighted by Crippen LogP contribution is -1.93.